The number of benzene rings is 1. The summed E-state index contributed by atoms with van der Waals surface area (Å²) in [7, 11) is 4.72. The van der Waals surface area contributed by atoms with Gasteiger partial charge in [0.25, 0.3) is 0 Å². The highest BCUT2D eigenvalue weighted by Crippen LogP contribution is 2.34. The third kappa shape index (κ3) is 3.03. The molecule has 94 valence electrons. The van der Waals surface area contributed by atoms with Crippen molar-refractivity contribution in [1.82, 2.24) is 0 Å². The van der Waals surface area contributed by atoms with Gasteiger partial charge in [-0.15, -0.1) is 0 Å². The van der Waals surface area contributed by atoms with Gasteiger partial charge in [0.05, 0.1) is 27.0 Å². The van der Waals surface area contributed by atoms with Gasteiger partial charge in [-0.3, -0.25) is 0 Å². The van der Waals surface area contributed by atoms with E-state index >= 15 is 0 Å². The number of hydrogen-bond acceptors (Lipinski definition) is 5. The second-order valence-electron chi connectivity index (χ2n) is 3.53. The molecular formula is C12H17NO4. The Hall–Kier alpha value is -1.91. The van der Waals surface area contributed by atoms with Crippen molar-refractivity contribution < 1.29 is 19.4 Å². The highest BCUT2D eigenvalue weighted by molar-refractivity contribution is 5.84. The van der Waals surface area contributed by atoms with Crippen LogP contribution in [0.1, 0.15) is 12.5 Å². The molecule has 0 heterocycles. The Morgan fingerprint density at radius 2 is 1.59 bits per heavy atom. The molecular weight excluding hydrogens is 222 g/mol. The van der Waals surface area contributed by atoms with Gasteiger partial charge in [-0.05, 0) is 13.0 Å². The molecule has 0 unspecified atom stereocenters. The van der Waals surface area contributed by atoms with Gasteiger partial charge < -0.3 is 19.4 Å². The quantitative estimate of drug-likeness (QED) is 0.485. The fourth-order valence-electron chi connectivity index (χ4n) is 1.54. The SMILES string of the molecule is COc1cc(OC)c(OC)cc1CC(C)=NO. The van der Waals surface area contributed by atoms with E-state index in [-0.39, 0.29) is 0 Å². The standard InChI is InChI=1S/C12H17NO4/c1-8(13-14)5-9-6-11(16-3)12(17-4)7-10(9)15-2/h6-7,14H,5H2,1-4H3. The van der Waals surface area contributed by atoms with Gasteiger partial charge in [0, 0.05) is 18.1 Å². The number of rotatable bonds is 5. The van der Waals surface area contributed by atoms with Crippen molar-refractivity contribution >= 4 is 5.71 Å². The molecule has 0 aliphatic carbocycles. The van der Waals surface area contributed by atoms with E-state index in [0.717, 1.165) is 5.56 Å². The summed E-state index contributed by atoms with van der Waals surface area (Å²) in [6.45, 7) is 1.73. The zero-order valence-electron chi connectivity index (χ0n) is 10.5. The molecule has 0 atom stereocenters. The van der Waals surface area contributed by atoms with Crippen molar-refractivity contribution in [2.45, 2.75) is 13.3 Å². The maximum Gasteiger partial charge on any atom is 0.164 e. The Morgan fingerprint density at radius 1 is 1.06 bits per heavy atom. The van der Waals surface area contributed by atoms with Crippen LogP contribution in [0.3, 0.4) is 0 Å². The lowest BCUT2D eigenvalue weighted by molar-refractivity contribution is 0.317. The lowest BCUT2D eigenvalue weighted by Crippen LogP contribution is -2.02. The van der Waals surface area contributed by atoms with Gasteiger partial charge in [0.15, 0.2) is 11.5 Å². The van der Waals surface area contributed by atoms with E-state index in [1.165, 1.54) is 0 Å². The van der Waals surface area contributed by atoms with Crippen LogP contribution in [-0.2, 0) is 6.42 Å². The lowest BCUT2D eigenvalue weighted by atomic mass is 10.1. The Morgan fingerprint density at radius 3 is 2.06 bits per heavy atom. The third-order valence-corrected chi connectivity index (χ3v) is 2.40. The monoisotopic (exact) mass is 239 g/mol. The van der Waals surface area contributed by atoms with Gasteiger partial charge in [0.2, 0.25) is 0 Å². The van der Waals surface area contributed by atoms with E-state index in [1.54, 1.807) is 34.3 Å². The van der Waals surface area contributed by atoms with Crippen molar-refractivity contribution in [3.8, 4) is 17.2 Å². The van der Waals surface area contributed by atoms with Gasteiger partial charge in [-0.2, -0.15) is 0 Å². The summed E-state index contributed by atoms with van der Waals surface area (Å²) in [5.74, 6) is 1.89. The summed E-state index contributed by atoms with van der Waals surface area (Å²) in [6.07, 6.45) is 0.486. The maximum atomic E-state index is 8.68. The van der Waals surface area contributed by atoms with Gasteiger partial charge in [-0.1, -0.05) is 5.16 Å². The number of hydrogen-bond donors (Lipinski definition) is 1. The zero-order valence-corrected chi connectivity index (χ0v) is 10.5. The van der Waals surface area contributed by atoms with E-state index in [0.29, 0.717) is 29.4 Å². The molecule has 1 rings (SSSR count). The lowest BCUT2D eigenvalue weighted by Gasteiger charge is -2.13. The first kappa shape index (κ1) is 13.2. The van der Waals surface area contributed by atoms with Crippen LogP contribution in [0.15, 0.2) is 17.3 Å². The summed E-state index contributed by atoms with van der Waals surface area (Å²) in [4.78, 5) is 0. The van der Waals surface area contributed by atoms with E-state index in [9.17, 15) is 0 Å². The number of methoxy groups -OCH3 is 3. The van der Waals surface area contributed by atoms with Crippen molar-refractivity contribution in [2.75, 3.05) is 21.3 Å². The summed E-state index contributed by atoms with van der Waals surface area (Å²) >= 11 is 0. The normalized spacial score (nSPS) is 11.2. The molecule has 17 heavy (non-hydrogen) atoms. The summed E-state index contributed by atoms with van der Waals surface area (Å²) in [5, 5.41) is 11.8. The Bertz CT molecular complexity index is 415. The maximum absolute atomic E-state index is 8.68. The Kier molecular flexibility index (Phi) is 4.63. The highest BCUT2D eigenvalue weighted by Gasteiger charge is 2.12. The molecule has 5 nitrogen and oxygen atoms in total. The molecule has 0 aliphatic rings. The number of nitrogens with zero attached hydrogens (tertiary/aromatic N) is 1. The summed E-state index contributed by atoms with van der Waals surface area (Å²) < 4.78 is 15.6. The third-order valence-electron chi connectivity index (χ3n) is 2.40. The van der Waals surface area contributed by atoms with Crippen LogP contribution in [0.2, 0.25) is 0 Å². The molecule has 0 fully saturated rings. The minimum atomic E-state index is 0.486. The molecule has 0 saturated heterocycles. The van der Waals surface area contributed by atoms with Crippen molar-refractivity contribution in [3.05, 3.63) is 17.7 Å². The topological polar surface area (TPSA) is 60.3 Å². The summed E-state index contributed by atoms with van der Waals surface area (Å²) in [5.41, 5.74) is 1.47. The van der Waals surface area contributed by atoms with Crippen LogP contribution in [0.5, 0.6) is 17.2 Å². The van der Waals surface area contributed by atoms with Gasteiger partial charge in [-0.25, -0.2) is 0 Å². The van der Waals surface area contributed by atoms with Crippen molar-refractivity contribution in [2.24, 2.45) is 5.16 Å². The zero-order chi connectivity index (χ0) is 12.8. The average molecular weight is 239 g/mol. The fourth-order valence-corrected chi connectivity index (χ4v) is 1.54. The minimum absolute atomic E-state index is 0.486. The molecule has 0 aliphatic heterocycles. The first-order valence-electron chi connectivity index (χ1n) is 5.12. The molecule has 1 aromatic rings. The van der Waals surface area contributed by atoms with Gasteiger partial charge in [0.1, 0.15) is 5.75 Å². The fraction of sp³-hybridized carbons (Fsp3) is 0.417. The largest absolute Gasteiger partial charge is 0.496 e. The van der Waals surface area contributed by atoms with E-state index < -0.39 is 0 Å². The second-order valence-corrected chi connectivity index (χ2v) is 3.53. The number of ether oxygens (including phenoxy) is 3. The first-order chi connectivity index (χ1) is 8.15. The molecule has 0 amide bonds. The van der Waals surface area contributed by atoms with Crippen LogP contribution in [0, 0.1) is 0 Å². The smallest absolute Gasteiger partial charge is 0.164 e. The molecule has 0 spiro atoms. The van der Waals surface area contributed by atoms with Crippen LogP contribution in [-0.4, -0.2) is 32.2 Å². The van der Waals surface area contributed by atoms with Crippen molar-refractivity contribution in [1.29, 1.82) is 0 Å². The summed E-state index contributed by atoms with van der Waals surface area (Å²) in [6, 6.07) is 3.56. The average Bonchev–Trinajstić information content (AvgIpc) is 2.37. The first-order valence-corrected chi connectivity index (χ1v) is 5.12. The Balaban J connectivity index is 3.18. The highest BCUT2D eigenvalue weighted by atomic mass is 16.5. The second kappa shape index (κ2) is 5.98. The molecule has 1 aromatic carbocycles. The van der Waals surface area contributed by atoms with E-state index in [2.05, 4.69) is 5.16 Å². The van der Waals surface area contributed by atoms with Crippen LogP contribution < -0.4 is 14.2 Å². The van der Waals surface area contributed by atoms with Crippen LogP contribution in [0.4, 0.5) is 0 Å². The number of oxime groups is 1. The van der Waals surface area contributed by atoms with E-state index in [4.69, 9.17) is 19.4 Å². The van der Waals surface area contributed by atoms with Gasteiger partial charge >= 0.3 is 0 Å². The van der Waals surface area contributed by atoms with Crippen LogP contribution >= 0.6 is 0 Å². The van der Waals surface area contributed by atoms with Crippen molar-refractivity contribution in [3.63, 3.8) is 0 Å². The molecule has 0 radical (unpaired) electrons. The molecule has 0 bridgehead atoms. The molecule has 5 heteroatoms. The van der Waals surface area contributed by atoms with E-state index in [1.807, 2.05) is 6.07 Å². The molecule has 0 saturated carbocycles. The van der Waals surface area contributed by atoms with Crippen LogP contribution in [0.25, 0.3) is 0 Å². The Labute approximate surface area is 101 Å². The molecule has 0 aromatic heterocycles. The molecule has 1 N–H and O–H groups in total. The predicted molar refractivity (Wildman–Crippen MR) is 64.7 cm³/mol. The predicted octanol–water partition coefficient (Wildman–Crippen LogP) is 2.10. The minimum Gasteiger partial charge on any atom is -0.496 e.